The number of aromatic hydroxyl groups is 1. The van der Waals surface area contributed by atoms with Crippen LogP contribution in [0.4, 0.5) is 0 Å². The van der Waals surface area contributed by atoms with E-state index in [1.165, 1.54) is 12.8 Å². The van der Waals surface area contributed by atoms with Crippen molar-refractivity contribution in [2.45, 2.75) is 54.4 Å². The first kappa shape index (κ1) is 25.0. The number of aryl methyl sites for hydroxylation is 2. The molecule has 0 aliphatic rings. The fourth-order valence-electron chi connectivity index (χ4n) is 2.71. The third kappa shape index (κ3) is 6.76. The third-order valence-electron chi connectivity index (χ3n) is 4.96. The summed E-state index contributed by atoms with van der Waals surface area (Å²) in [6.07, 6.45) is 2.64. The van der Waals surface area contributed by atoms with Crippen molar-refractivity contribution in [1.82, 2.24) is 0 Å². The summed E-state index contributed by atoms with van der Waals surface area (Å²) in [4.78, 5) is 16.4. The van der Waals surface area contributed by atoms with Gasteiger partial charge in [0, 0.05) is 17.0 Å². The number of benzene rings is 2. The summed E-state index contributed by atoms with van der Waals surface area (Å²) in [7, 11) is 0. The van der Waals surface area contributed by atoms with Gasteiger partial charge in [-0.3, -0.25) is 9.79 Å². The number of aliphatic imine (C=N–C) groups is 1. The van der Waals surface area contributed by atoms with Gasteiger partial charge in [0.1, 0.15) is 5.75 Å². The van der Waals surface area contributed by atoms with E-state index in [-0.39, 0.29) is 11.4 Å². The van der Waals surface area contributed by atoms with Crippen LogP contribution in [0.5, 0.6) is 5.75 Å². The molecular formula is C25H35N3O2. The number of rotatable bonds is 6. The first-order chi connectivity index (χ1) is 14.1. The Morgan fingerprint density at radius 2 is 1.57 bits per heavy atom. The molecule has 2 rings (SSSR count). The van der Waals surface area contributed by atoms with E-state index in [1.807, 2.05) is 45.0 Å². The molecule has 162 valence electrons. The number of hydrogen-bond donors (Lipinski definition) is 3. The molecule has 5 heteroatoms. The number of nitrogens with two attached hydrogens (primary N) is 2. The SMILES string of the molecule is CC(=N/C(=C(/N)C(C)C(N)=O)c1cc(O)ccc1C)c1ccccc1C.CCCC. The van der Waals surface area contributed by atoms with E-state index in [0.29, 0.717) is 11.3 Å². The van der Waals surface area contributed by atoms with Crippen molar-refractivity contribution in [1.29, 1.82) is 0 Å². The number of phenolic OH excluding ortho intramolecular Hbond substituents is 1. The summed E-state index contributed by atoms with van der Waals surface area (Å²) in [6, 6.07) is 12.9. The second-order valence-corrected chi connectivity index (χ2v) is 7.44. The van der Waals surface area contributed by atoms with E-state index in [4.69, 9.17) is 16.5 Å². The second-order valence-electron chi connectivity index (χ2n) is 7.44. The number of carbonyl (C=O) groups is 1. The van der Waals surface area contributed by atoms with E-state index >= 15 is 0 Å². The zero-order chi connectivity index (χ0) is 22.8. The van der Waals surface area contributed by atoms with Gasteiger partial charge in [0.15, 0.2) is 0 Å². The summed E-state index contributed by atoms with van der Waals surface area (Å²) < 4.78 is 0. The van der Waals surface area contributed by atoms with Crippen LogP contribution < -0.4 is 11.5 Å². The Labute approximate surface area is 180 Å². The normalized spacial score (nSPS) is 13.1. The van der Waals surface area contributed by atoms with E-state index in [2.05, 4.69) is 13.8 Å². The molecule has 0 bridgehead atoms. The third-order valence-corrected chi connectivity index (χ3v) is 4.96. The molecule has 2 aromatic carbocycles. The monoisotopic (exact) mass is 409 g/mol. The van der Waals surface area contributed by atoms with Crippen LogP contribution in [0, 0.1) is 19.8 Å². The van der Waals surface area contributed by atoms with Gasteiger partial charge in [0.05, 0.1) is 11.6 Å². The first-order valence-corrected chi connectivity index (χ1v) is 10.3. The summed E-state index contributed by atoms with van der Waals surface area (Å²) in [5.74, 6) is -1.10. The Hall–Kier alpha value is -3.08. The molecule has 30 heavy (non-hydrogen) atoms. The minimum Gasteiger partial charge on any atom is -0.508 e. The van der Waals surface area contributed by atoms with Gasteiger partial charge >= 0.3 is 0 Å². The lowest BCUT2D eigenvalue weighted by Gasteiger charge is -2.16. The fraction of sp³-hybridized carbons (Fsp3) is 0.360. The van der Waals surface area contributed by atoms with Gasteiger partial charge in [-0.05, 0) is 56.5 Å². The zero-order valence-corrected chi connectivity index (χ0v) is 19.0. The van der Waals surface area contributed by atoms with E-state index < -0.39 is 11.8 Å². The minimum atomic E-state index is -0.680. The largest absolute Gasteiger partial charge is 0.508 e. The molecule has 0 saturated carbocycles. The maximum absolute atomic E-state index is 11.6. The molecule has 1 amide bonds. The van der Waals surface area contributed by atoms with Crippen LogP contribution in [0.15, 0.2) is 53.2 Å². The quantitative estimate of drug-likeness (QED) is 0.580. The van der Waals surface area contributed by atoms with Crippen LogP contribution in [-0.2, 0) is 4.79 Å². The van der Waals surface area contributed by atoms with E-state index in [1.54, 1.807) is 25.1 Å². The zero-order valence-electron chi connectivity index (χ0n) is 19.0. The highest BCUT2D eigenvalue weighted by molar-refractivity contribution is 6.03. The van der Waals surface area contributed by atoms with Crippen molar-refractivity contribution in [3.05, 3.63) is 70.4 Å². The Balaban J connectivity index is 0.00000103. The Kier molecular flexibility index (Phi) is 9.82. The standard InChI is InChI=1S/C21H25N3O2.C4H10/c1-12-7-5-6-8-17(12)15(4)24-20(19(22)14(3)21(23)26)18-11-16(25)10-9-13(18)2;1-3-4-2/h5-11,14,25H,22H2,1-4H3,(H2,23,26);3-4H2,1-2H3/b20-19+,24-15?;. The number of hydrogen-bond acceptors (Lipinski definition) is 4. The van der Waals surface area contributed by atoms with E-state index in [9.17, 15) is 9.90 Å². The maximum Gasteiger partial charge on any atom is 0.226 e. The molecular weight excluding hydrogens is 374 g/mol. The average molecular weight is 410 g/mol. The fourth-order valence-corrected chi connectivity index (χ4v) is 2.71. The van der Waals surface area contributed by atoms with Gasteiger partial charge in [-0.15, -0.1) is 0 Å². The molecule has 2 aromatic rings. The Morgan fingerprint density at radius 3 is 2.10 bits per heavy atom. The van der Waals surface area contributed by atoms with Gasteiger partial charge in [-0.25, -0.2) is 0 Å². The lowest BCUT2D eigenvalue weighted by molar-refractivity contribution is -0.120. The van der Waals surface area contributed by atoms with Gasteiger partial charge in [0.25, 0.3) is 0 Å². The number of carbonyl (C=O) groups excluding carboxylic acids is 1. The molecule has 0 fully saturated rings. The van der Waals surface area contributed by atoms with Gasteiger partial charge in [0.2, 0.25) is 5.91 Å². The number of primary amides is 1. The predicted octanol–water partition coefficient (Wildman–Crippen LogP) is 5.07. The van der Waals surface area contributed by atoms with E-state index in [0.717, 1.165) is 22.4 Å². The van der Waals surface area contributed by atoms with Crippen LogP contribution in [0.2, 0.25) is 0 Å². The number of amides is 1. The van der Waals surface area contributed by atoms with Crippen molar-refractivity contribution in [2.75, 3.05) is 0 Å². The van der Waals surface area contributed by atoms with Crippen LogP contribution >= 0.6 is 0 Å². The highest BCUT2D eigenvalue weighted by atomic mass is 16.3. The van der Waals surface area contributed by atoms with Crippen LogP contribution in [0.1, 0.15) is 62.8 Å². The number of nitrogens with zero attached hydrogens (tertiary/aromatic N) is 1. The predicted molar refractivity (Wildman–Crippen MR) is 126 cm³/mol. The first-order valence-electron chi connectivity index (χ1n) is 10.3. The second kappa shape index (κ2) is 11.8. The summed E-state index contributed by atoms with van der Waals surface area (Å²) >= 11 is 0. The van der Waals surface area contributed by atoms with Crippen LogP contribution in [0.3, 0.4) is 0 Å². The molecule has 1 unspecified atom stereocenters. The molecule has 0 saturated heterocycles. The summed E-state index contributed by atoms with van der Waals surface area (Å²) in [5, 5.41) is 9.91. The molecule has 0 spiro atoms. The van der Waals surface area contributed by atoms with Crippen molar-refractivity contribution in [2.24, 2.45) is 22.4 Å². The average Bonchev–Trinajstić information content (AvgIpc) is 2.73. The van der Waals surface area contributed by atoms with Crippen molar-refractivity contribution < 1.29 is 9.90 Å². The summed E-state index contributed by atoms with van der Waals surface area (Å²) in [5.41, 5.74) is 16.8. The summed E-state index contributed by atoms with van der Waals surface area (Å²) in [6.45, 7) is 11.8. The highest BCUT2D eigenvalue weighted by Gasteiger charge is 2.19. The smallest absolute Gasteiger partial charge is 0.226 e. The number of unbranched alkanes of at least 4 members (excludes halogenated alkanes) is 1. The van der Waals surface area contributed by atoms with Gasteiger partial charge in [-0.1, -0.05) is 57.0 Å². The van der Waals surface area contributed by atoms with Crippen LogP contribution in [-0.4, -0.2) is 16.7 Å². The Bertz CT molecular complexity index is 928. The molecule has 5 nitrogen and oxygen atoms in total. The molecule has 0 aromatic heterocycles. The molecule has 0 radical (unpaired) electrons. The lowest BCUT2D eigenvalue weighted by Crippen LogP contribution is -2.26. The van der Waals surface area contributed by atoms with Crippen LogP contribution in [0.25, 0.3) is 5.70 Å². The Morgan fingerprint density at radius 1 is 1.00 bits per heavy atom. The minimum absolute atomic E-state index is 0.103. The maximum atomic E-state index is 11.6. The highest BCUT2D eigenvalue weighted by Crippen LogP contribution is 2.29. The van der Waals surface area contributed by atoms with Crippen molar-refractivity contribution in [3.8, 4) is 5.75 Å². The number of phenols is 1. The topological polar surface area (TPSA) is 102 Å². The van der Waals surface area contributed by atoms with Crippen molar-refractivity contribution in [3.63, 3.8) is 0 Å². The molecule has 0 aliphatic heterocycles. The molecule has 0 aliphatic carbocycles. The molecule has 5 N–H and O–H groups in total. The molecule has 1 atom stereocenters. The van der Waals surface area contributed by atoms with Gasteiger partial charge < -0.3 is 16.6 Å². The lowest BCUT2D eigenvalue weighted by atomic mass is 9.98. The van der Waals surface area contributed by atoms with Crippen molar-refractivity contribution >= 4 is 17.3 Å². The molecule has 0 heterocycles. The van der Waals surface area contributed by atoms with Gasteiger partial charge in [-0.2, -0.15) is 0 Å².